The second-order valence-corrected chi connectivity index (χ2v) is 4.72. The summed E-state index contributed by atoms with van der Waals surface area (Å²) >= 11 is 0. The minimum atomic E-state index is -0.0753. The Balaban J connectivity index is 2.25. The van der Waals surface area contributed by atoms with Crippen LogP contribution in [-0.4, -0.2) is 21.9 Å². The Kier molecular flexibility index (Phi) is 7.47. The summed E-state index contributed by atoms with van der Waals surface area (Å²) in [5.41, 5.74) is 0.688. The quantitative estimate of drug-likeness (QED) is 0.578. The molecule has 0 radical (unpaired) electrons. The summed E-state index contributed by atoms with van der Waals surface area (Å²) in [4.78, 5) is 19.7. The lowest BCUT2D eigenvalue weighted by Gasteiger charge is -2.11. The minimum absolute atomic E-state index is 0.0753. The van der Waals surface area contributed by atoms with Gasteiger partial charge in [-0.25, -0.2) is 0 Å². The maximum Gasteiger partial charge on any atom is 0.244 e. The zero-order valence-electron chi connectivity index (χ0n) is 11.8. The van der Waals surface area contributed by atoms with Crippen molar-refractivity contribution in [2.75, 3.05) is 0 Å². The molecule has 0 spiro atoms. The zero-order chi connectivity index (χ0) is 13.9. The average molecular weight is 261 g/mol. The summed E-state index contributed by atoms with van der Waals surface area (Å²) in [6, 6.07) is 0.218. The Morgan fingerprint density at radius 1 is 1.37 bits per heavy atom. The van der Waals surface area contributed by atoms with Crippen molar-refractivity contribution in [1.29, 1.82) is 0 Å². The van der Waals surface area contributed by atoms with E-state index in [0.29, 0.717) is 5.69 Å². The fourth-order valence-corrected chi connectivity index (χ4v) is 1.80. The van der Waals surface area contributed by atoms with Crippen LogP contribution in [0.2, 0.25) is 0 Å². The molecule has 19 heavy (non-hydrogen) atoms. The van der Waals surface area contributed by atoms with E-state index in [2.05, 4.69) is 22.2 Å². The predicted octanol–water partition coefficient (Wildman–Crippen LogP) is 2.96. The predicted molar refractivity (Wildman–Crippen MR) is 77.4 cm³/mol. The van der Waals surface area contributed by atoms with Gasteiger partial charge in [-0.3, -0.25) is 14.8 Å². The first-order valence-corrected chi connectivity index (χ1v) is 6.97. The Labute approximate surface area is 115 Å². The first-order valence-electron chi connectivity index (χ1n) is 6.97. The number of nitrogens with one attached hydrogen (secondary N) is 1. The second kappa shape index (κ2) is 9.25. The van der Waals surface area contributed by atoms with Crippen molar-refractivity contribution >= 4 is 12.0 Å². The topological polar surface area (TPSA) is 54.9 Å². The lowest BCUT2D eigenvalue weighted by atomic mass is 10.1. The molecule has 0 aromatic carbocycles. The van der Waals surface area contributed by atoms with Gasteiger partial charge in [-0.1, -0.05) is 32.6 Å². The molecule has 0 fully saturated rings. The van der Waals surface area contributed by atoms with Gasteiger partial charge in [-0.2, -0.15) is 0 Å². The number of hydrogen-bond acceptors (Lipinski definition) is 3. The van der Waals surface area contributed by atoms with E-state index in [1.807, 2.05) is 6.92 Å². The highest BCUT2D eigenvalue weighted by atomic mass is 16.1. The van der Waals surface area contributed by atoms with Gasteiger partial charge in [0.15, 0.2) is 0 Å². The van der Waals surface area contributed by atoms with E-state index in [4.69, 9.17) is 0 Å². The Morgan fingerprint density at radius 2 is 2.21 bits per heavy atom. The Bertz CT molecular complexity index is 390. The summed E-state index contributed by atoms with van der Waals surface area (Å²) in [6.45, 7) is 4.24. The smallest absolute Gasteiger partial charge is 0.244 e. The van der Waals surface area contributed by atoms with Crippen LogP contribution in [0.1, 0.15) is 51.6 Å². The van der Waals surface area contributed by atoms with Crippen molar-refractivity contribution in [2.24, 2.45) is 0 Å². The fraction of sp³-hybridized carbons (Fsp3) is 0.533. The molecule has 1 rings (SSSR count). The summed E-state index contributed by atoms with van der Waals surface area (Å²) in [5.74, 6) is -0.0753. The largest absolute Gasteiger partial charge is 0.350 e. The maximum absolute atomic E-state index is 11.7. The summed E-state index contributed by atoms with van der Waals surface area (Å²) in [7, 11) is 0. The van der Waals surface area contributed by atoms with Gasteiger partial charge in [0.1, 0.15) is 0 Å². The summed E-state index contributed by atoms with van der Waals surface area (Å²) in [5, 5.41) is 2.95. The molecule has 1 atom stereocenters. The number of nitrogens with zero attached hydrogens (tertiary/aromatic N) is 2. The molecule has 0 aliphatic rings. The number of unbranched alkanes of at least 4 members (excludes halogenated alkanes) is 3. The van der Waals surface area contributed by atoms with E-state index in [-0.39, 0.29) is 11.9 Å². The van der Waals surface area contributed by atoms with Crippen LogP contribution >= 0.6 is 0 Å². The summed E-state index contributed by atoms with van der Waals surface area (Å²) < 4.78 is 0. The van der Waals surface area contributed by atoms with Crippen LogP contribution in [0.3, 0.4) is 0 Å². The lowest BCUT2D eigenvalue weighted by molar-refractivity contribution is -0.117. The lowest BCUT2D eigenvalue weighted by Crippen LogP contribution is -2.30. The molecule has 1 aromatic heterocycles. The van der Waals surface area contributed by atoms with Gasteiger partial charge in [-0.05, 0) is 19.4 Å². The van der Waals surface area contributed by atoms with Crippen LogP contribution in [0.25, 0.3) is 6.08 Å². The van der Waals surface area contributed by atoms with E-state index in [1.54, 1.807) is 24.7 Å². The van der Waals surface area contributed by atoms with Crippen molar-refractivity contribution in [3.05, 3.63) is 30.4 Å². The van der Waals surface area contributed by atoms with Crippen molar-refractivity contribution in [3.63, 3.8) is 0 Å². The molecule has 104 valence electrons. The fourth-order valence-electron chi connectivity index (χ4n) is 1.80. The Morgan fingerprint density at radius 3 is 2.89 bits per heavy atom. The number of amides is 1. The van der Waals surface area contributed by atoms with Gasteiger partial charge >= 0.3 is 0 Å². The van der Waals surface area contributed by atoms with E-state index < -0.39 is 0 Å². The van der Waals surface area contributed by atoms with Gasteiger partial charge in [0.2, 0.25) is 5.91 Å². The van der Waals surface area contributed by atoms with Gasteiger partial charge < -0.3 is 5.32 Å². The molecular weight excluding hydrogens is 238 g/mol. The van der Waals surface area contributed by atoms with E-state index in [9.17, 15) is 4.79 Å². The molecule has 1 heterocycles. The van der Waals surface area contributed by atoms with Gasteiger partial charge in [0.05, 0.1) is 11.9 Å². The third-order valence-electron chi connectivity index (χ3n) is 2.87. The number of aromatic nitrogens is 2. The van der Waals surface area contributed by atoms with Crippen molar-refractivity contribution in [3.8, 4) is 0 Å². The maximum atomic E-state index is 11.7. The number of carbonyl (C=O) groups excluding carboxylic acids is 1. The first-order chi connectivity index (χ1) is 9.22. The molecular formula is C15H23N3O. The van der Waals surface area contributed by atoms with Crippen molar-refractivity contribution < 1.29 is 4.79 Å². The minimum Gasteiger partial charge on any atom is -0.350 e. The molecule has 1 amide bonds. The molecule has 4 nitrogen and oxygen atoms in total. The van der Waals surface area contributed by atoms with E-state index in [0.717, 1.165) is 6.42 Å². The molecule has 0 saturated heterocycles. The monoisotopic (exact) mass is 261 g/mol. The number of hydrogen-bond donors (Lipinski definition) is 1. The molecule has 0 aliphatic heterocycles. The van der Waals surface area contributed by atoms with Crippen LogP contribution in [0.15, 0.2) is 24.7 Å². The van der Waals surface area contributed by atoms with Crippen LogP contribution < -0.4 is 5.32 Å². The van der Waals surface area contributed by atoms with Crippen LogP contribution in [0.4, 0.5) is 0 Å². The van der Waals surface area contributed by atoms with Crippen molar-refractivity contribution in [1.82, 2.24) is 15.3 Å². The third kappa shape index (κ3) is 7.34. The second-order valence-electron chi connectivity index (χ2n) is 4.72. The van der Waals surface area contributed by atoms with Crippen molar-refractivity contribution in [2.45, 2.75) is 52.0 Å². The number of carbonyl (C=O) groups is 1. The normalized spacial score (nSPS) is 12.5. The zero-order valence-corrected chi connectivity index (χ0v) is 11.8. The van der Waals surface area contributed by atoms with Crippen LogP contribution in [0.5, 0.6) is 0 Å². The average Bonchev–Trinajstić information content (AvgIpc) is 2.42. The molecule has 4 heteroatoms. The van der Waals surface area contributed by atoms with Gasteiger partial charge in [-0.15, -0.1) is 0 Å². The van der Waals surface area contributed by atoms with E-state index in [1.165, 1.54) is 31.8 Å². The standard InChI is InChI=1S/C15H23N3O/c1-3-4-5-6-7-13(2)18-15(19)9-8-14-12-16-10-11-17-14/h8-13H,3-7H2,1-2H3,(H,18,19)/b9-8+. The molecule has 1 N–H and O–H groups in total. The highest BCUT2D eigenvalue weighted by Gasteiger charge is 2.04. The Hall–Kier alpha value is -1.71. The van der Waals surface area contributed by atoms with Gasteiger partial charge in [0.25, 0.3) is 0 Å². The van der Waals surface area contributed by atoms with Crippen LogP contribution in [0, 0.1) is 0 Å². The third-order valence-corrected chi connectivity index (χ3v) is 2.87. The SMILES string of the molecule is CCCCCCC(C)NC(=O)/C=C/c1cnccn1. The van der Waals surface area contributed by atoms with Gasteiger partial charge in [0, 0.05) is 24.5 Å². The first kappa shape index (κ1) is 15.3. The number of rotatable bonds is 8. The molecule has 0 bridgehead atoms. The molecule has 1 unspecified atom stereocenters. The summed E-state index contributed by atoms with van der Waals surface area (Å²) in [6.07, 6.45) is 14.0. The van der Waals surface area contributed by atoms with E-state index >= 15 is 0 Å². The molecule has 1 aromatic rings. The van der Waals surface area contributed by atoms with Crippen LogP contribution in [-0.2, 0) is 4.79 Å². The highest BCUT2D eigenvalue weighted by molar-refractivity contribution is 5.91. The molecule has 0 saturated carbocycles. The molecule has 0 aliphatic carbocycles. The highest BCUT2D eigenvalue weighted by Crippen LogP contribution is 2.05.